The van der Waals surface area contributed by atoms with Crippen LogP contribution in [0.4, 0.5) is 11.4 Å². The van der Waals surface area contributed by atoms with Crippen molar-refractivity contribution >= 4 is 33.2 Å². The van der Waals surface area contributed by atoms with Crippen LogP contribution >= 0.6 is 0 Å². The zero-order valence-corrected chi connectivity index (χ0v) is 16.5. The Kier molecular flexibility index (Phi) is 4.96. The van der Waals surface area contributed by atoms with Gasteiger partial charge in [-0.1, -0.05) is 60.7 Å². The van der Waals surface area contributed by atoms with Crippen LogP contribution in [-0.4, -0.2) is 9.97 Å². The molecule has 0 saturated carbocycles. The molecular weight excluding hydrogens is 368 g/mol. The van der Waals surface area contributed by atoms with Crippen molar-refractivity contribution in [2.45, 2.75) is 13.1 Å². The number of nitrogens with zero attached hydrogens (tertiary/aromatic N) is 2. The van der Waals surface area contributed by atoms with E-state index in [0.717, 1.165) is 46.3 Å². The summed E-state index contributed by atoms with van der Waals surface area (Å²) in [6, 6.07) is 29.0. The van der Waals surface area contributed by atoms with E-state index < -0.39 is 0 Å². The van der Waals surface area contributed by atoms with Gasteiger partial charge < -0.3 is 10.6 Å². The first-order valence-electron chi connectivity index (χ1n) is 10.1. The smallest absolute Gasteiger partial charge is 0.0722 e. The van der Waals surface area contributed by atoms with Gasteiger partial charge in [0.15, 0.2) is 0 Å². The Bertz CT molecular complexity index is 1200. The van der Waals surface area contributed by atoms with Gasteiger partial charge in [-0.05, 0) is 35.4 Å². The molecule has 5 rings (SSSR count). The predicted molar refractivity (Wildman–Crippen MR) is 125 cm³/mol. The summed E-state index contributed by atoms with van der Waals surface area (Å²) in [7, 11) is 0. The maximum atomic E-state index is 4.45. The van der Waals surface area contributed by atoms with E-state index in [0.29, 0.717) is 0 Å². The summed E-state index contributed by atoms with van der Waals surface area (Å²) >= 11 is 0. The highest BCUT2D eigenvalue weighted by molar-refractivity contribution is 5.91. The number of nitrogens with one attached hydrogen (secondary N) is 2. The highest BCUT2D eigenvalue weighted by Gasteiger charge is 2.06. The molecule has 2 N–H and O–H groups in total. The fraction of sp³-hybridized carbons (Fsp3) is 0.0769. The van der Waals surface area contributed by atoms with Crippen LogP contribution in [0.5, 0.6) is 0 Å². The Morgan fingerprint density at radius 2 is 0.933 bits per heavy atom. The molecule has 0 bridgehead atoms. The maximum absolute atomic E-state index is 4.45. The van der Waals surface area contributed by atoms with Crippen molar-refractivity contribution in [2.75, 3.05) is 10.6 Å². The SMILES string of the molecule is c1ccc(CNc2ccnc3ccccc23)c(CNc2ccnc3ccccc23)c1. The van der Waals surface area contributed by atoms with Crippen LogP contribution in [0.2, 0.25) is 0 Å². The van der Waals surface area contributed by atoms with Gasteiger partial charge in [-0.25, -0.2) is 0 Å². The van der Waals surface area contributed by atoms with Gasteiger partial charge in [-0.3, -0.25) is 9.97 Å². The highest BCUT2D eigenvalue weighted by atomic mass is 14.9. The molecule has 0 aliphatic rings. The molecule has 0 aliphatic heterocycles. The summed E-state index contributed by atoms with van der Waals surface area (Å²) in [5.41, 5.74) is 6.74. The molecule has 146 valence electrons. The third kappa shape index (κ3) is 3.67. The van der Waals surface area contributed by atoms with Crippen molar-refractivity contribution < 1.29 is 0 Å². The quantitative estimate of drug-likeness (QED) is 0.373. The third-order valence-corrected chi connectivity index (χ3v) is 5.36. The number of anilines is 2. The molecule has 4 nitrogen and oxygen atoms in total. The second kappa shape index (κ2) is 8.21. The van der Waals surface area contributed by atoms with E-state index in [4.69, 9.17) is 0 Å². The summed E-state index contributed by atoms with van der Waals surface area (Å²) < 4.78 is 0. The Hall–Kier alpha value is -3.92. The summed E-state index contributed by atoms with van der Waals surface area (Å²) in [5, 5.41) is 9.46. The summed E-state index contributed by atoms with van der Waals surface area (Å²) in [6.45, 7) is 1.51. The van der Waals surface area contributed by atoms with E-state index in [-0.39, 0.29) is 0 Å². The molecule has 0 spiro atoms. The number of hydrogen-bond donors (Lipinski definition) is 2. The van der Waals surface area contributed by atoms with E-state index in [2.05, 4.69) is 57.0 Å². The molecule has 3 aromatic carbocycles. The molecule has 5 aromatic rings. The second-order valence-electron chi connectivity index (χ2n) is 7.23. The molecule has 0 saturated heterocycles. The summed E-state index contributed by atoms with van der Waals surface area (Å²) in [4.78, 5) is 8.89. The first-order valence-corrected chi connectivity index (χ1v) is 10.1. The number of pyridine rings is 2. The van der Waals surface area contributed by atoms with Gasteiger partial charge in [0.1, 0.15) is 0 Å². The van der Waals surface area contributed by atoms with E-state index >= 15 is 0 Å². The third-order valence-electron chi connectivity index (χ3n) is 5.36. The number of fused-ring (bicyclic) bond motifs is 2. The Labute approximate surface area is 175 Å². The highest BCUT2D eigenvalue weighted by Crippen LogP contribution is 2.24. The van der Waals surface area contributed by atoms with Gasteiger partial charge in [0.05, 0.1) is 11.0 Å². The van der Waals surface area contributed by atoms with Crippen molar-refractivity contribution in [2.24, 2.45) is 0 Å². The van der Waals surface area contributed by atoms with E-state index in [1.165, 1.54) is 11.1 Å². The standard InChI is InChI=1S/C26H22N4/c1-2-8-20(18-30-26-14-16-28-24-12-6-4-10-22(24)26)19(7-1)17-29-25-13-15-27-23-11-5-3-9-21(23)25/h1-16H,17-18H2,(H,27,29)(H,28,30). The summed E-state index contributed by atoms with van der Waals surface area (Å²) in [5.74, 6) is 0. The minimum Gasteiger partial charge on any atom is -0.380 e. The van der Waals surface area contributed by atoms with Crippen molar-refractivity contribution in [3.63, 3.8) is 0 Å². The zero-order chi connectivity index (χ0) is 20.2. The average molecular weight is 390 g/mol. The summed E-state index contributed by atoms with van der Waals surface area (Å²) in [6.07, 6.45) is 3.71. The molecule has 2 heterocycles. The van der Waals surface area contributed by atoms with Gasteiger partial charge in [-0.2, -0.15) is 0 Å². The number of rotatable bonds is 6. The molecule has 0 radical (unpaired) electrons. The van der Waals surface area contributed by atoms with Crippen LogP contribution in [0.3, 0.4) is 0 Å². The van der Waals surface area contributed by atoms with Crippen LogP contribution in [0.1, 0.15) is 11.1 Å². The van der Waals surface area contributed by atoms with Crippen LogP contribution in [0, 0.1) is 0 Å². The topological polar surface area (TPSA) is 49.8 Å². The molecule has 2 aromatic heterocycles. The fourth-order valence-electron chi connectivity index (χ4n) is 3.78. The Balaban J connectivity index is 1.35. The first kappa shape index (κ1) is 18.1. The lowest BCUT2D eigenvalue weighted by atomic mass is 10.1. The largest absolute Gasteiger partial charge is 0.380 e. The minimum atomic E-state index is 0.753. The molecule has 0 fully saturated rings. The van der Waals surface area contributed by atoms with Crippen LogP contribution in [0.25, 0.3) is 21.8 Å². The molecule has 0 atom stereocenters. The number of para-hydroxylation sites is 2. The lowest BCUT2D eigenvalue weighted by Gasteiger charge is -2.15. The Morgan fingerprint density at radius 3 is 1.43 bits per heavy atom. The van der Waals surface area contributed by atoms with Crippen molar-refractivity contribution in [3.05, 3.63) is 108 Å². The molecule has 30 heavy (non-hydrogen) atoms. The number of benzene rings is 3. The van der Waals surface area contributed by atoms with Gasteiger partial charge in [0.2, 0.25) is 0 Å². The second-order valence-corrected chi connectivity index (χ2v) is 7.23. The van der Waals surface area contributed by atoms with E-state index in [9.17, 15) is 0 Å². The van der Waals surface area contributed by atoms with E-state index in [1.54, 1.807) is 0 Å². The molecule has 0 aliphatic carbocycles. The average Bonchev–Trinajstić information content (AvgIpc) is 2.82. The van der Waals surface area contributed by atoms with Gasteiger partial charge in [-0.15, -0.1) is 0 Å². The van der Waals surface area contributed by atoms with Crippen LogP contribution in [-0.2, 0) is 13.1 Å². The van der Waals surface area contributed by atoms with Crippen LogP contribution < -0.4 is 10.6 Å². The van der Waals surface area contributed by atoms with Crippen molar-refractivity contribution in [3.8, 4) is 0 Å². The van der Waals surface area contributed by atoms with Crippen LogP contribution in [0.15, 0.2) is 97.3 Å². The maximum Gasteiger partial charge on any atom is 0.0722 e. The minimum absolute atomic E-state index is 0.753. The monoisotopic (exact) mass is 390 g/mol. The lowest BCUT2D eigenvalue weighted by Crippen LogP contribution is -2.07. The fourth-order valence-corrected chi connectivity index (χ4v) is 3.78. The zero-order valence-electron chi connectivity index (χ0n) is 16.5. The van der Waals surface area contributed by atoms with E-state index in [1.807, 2.05) is 60.9 Å². The molecule has 0 unspecified atom stereocenters. The number of hydrogen-bond acceptors (Lipinski definition) is 4. The lowest BCUT2D eigenvalue weighted by molar-refractivity contribution is 1.05. The molecular formula is C26H22N4. The van der Waals surface area contributed by atoms with Crippen molar-refractivity contribution in [1.29, 1.82) is 0 Å². The van der Waals surface area contributed by atoms with Gasteiger partial charge >= 0.3 is 0 Å². The Morgan fingerprint density at radius 1 is 0.500 bits per heavy atom. The van der Waals surface area contributed by atoms with Gasteiger partial charge in [0.25, 0.3) is 0 Å². The first-order chi connectivity index (χ1) is 14.9. The normalized spacial score (nSPS) is 10.9. The molecule has 0 amide bonds. The van der Waals surface area contributed by atoms with Crippen molar-refractivity contribution in [1.82, 2.24) is 9.97 Å². The predicted octanol–water partition coefficient (Wildman–Crippen LogP) is 6.01. The molecule has 4 heteroatoms. The number of aromatic nitrogens is 2. The van der Waals surface area contributed by atoms with Gasteiger partial charge in [0, 0.05) is 47.6 Å².